The Morgan fingerprint density at radius 1 is 1.21 bits per heavy atom. The highest BCUT2D eigenvalue weighted by molar-refractivity contribution is 5.98. The third kappa shape index (κ3) is 4.42. The van der Waals surface area contributed by atoms with E-state index in [9.17, 15) is 18.4 Å². The fourth-order valence-corrected chi connectivity index (χ4v) is 3.15. The standard InChI is InChI=1S/C20H19F2N7O4/c1-29-9-23-17(28-29)10-5-4-6-12(16(10)32-2)24-13-7-14(26-27-15(13)19(31)33-3)25-18(30)11-8-20(11,21)22/h4-7,9,11H,8H2,1-3H3,(H2,24,25,26,30)/t11-/m0/s1. The molecule has 0 radical (unpaired) electrons. The van der Waals surface area contributed by atoms with Gasteiger partial charge in [0.15, 0.2) is 23.1 Å². The summed E-state index contributed by atoms with van der Waals surface area (Å²) in [4.78, 5) is 28.5. The minimum atomic E-state index is -3.03. The van der Waals surface area contributed by atoms with E-state index in [4.69, 9.17) is 9.47 Å². The quantitative estimate of drug-likeness (QED) is 0.511. The van der Waals surface area contributed by atoms with Crippen LogP contribution in [0.25, 0.3) is 11.4 Å². The molecule has 1 aromatic carbocycles. The number of para-hydroxylation sites is 1. The van der Waals surface area contributed by atoms with Crippen molar-refractivity contribution in [3.63, 3.8) is 0 Å². The monoisotopic (exact) mass is 459 g/mol. The van der Waals surface area contributed by atoms with Gasteiger partial charge in [-0.2, -0.15) is 5.10 Å². The SMILES string of the molecule is COC(=O)c1nnc(NC(=O)[C@@H]2CC2(F)F)cc1Nc1cccc(-c2ncn(C)n2)c1OC. The number of benzene rings is 1. The van der Waals surface area contributed by atoms with Gasteiger partial charge in [-0.3, -0.25) is 9.48 Å². The number of anilines is 3. The third-order valence-electron chi connectivity index (χ3n) is 4.90. The number of hydrogen-bond acceptors (Lipinski definition) is 9. The number of aromatic nitrogens is 5. The number of nitrogens with zero attached hydrogens (tertiary/aromatic N) is 5. The highest BCUT2D eigenvalue weighted by Crippen LogP contribution is 2.49. The van der Waals surface area contributed by atoms with Gasteiger partial charge in [-0.15, -0.1) is 10.2 Å². The van der Waals surface area contributed by atoms with E-state index in [2.05, 4.69) is 30.9 Å². The van der Waals surface area contributed by atoms with E-state index in [0.717, 1.165) is 0 Å². The molecular formula is C20H19F2N7O4. The van der Waals surface area contributed by atoms with E-state index < -0.39 is 30.1 Å². The lowest BCUT2D eigenvalue weighted by atomic mass is 10.1. The number of hydrogen-bond donors (Lipinski definition) is 2. The molecule has 1 aliphatic carbocycles. The molecule has 13 heteroatoms. The van der Waals surface area contributed by atoms with Crippen molar-refractivity contribution >= 4 is 29.1 Å². The number of carbonyl (C=O) groups excluding carboxylic acids is 2. The molecule has 2 N–H and O–H groups in total. The number of amides is 1. The molecule has 1 amide bonds. The predicted molar refractivity (Wildman–Crippen MR) is 111 cm³/mol. The fraction of sp³-hybridized carbons (Fsp3) is 0.300. The molecule has 0 saturated heterocycles. The Morgan fingerprint density at radius 2 is 1.97 bits per heavy atom. The number of carbonyl (C=O) groups is 2. The van der Waals surface area contributed by atoms with Gasteiger partial charge in [-0.1, -0.05) is 6.07 Å². The van der Waals surface area contributed by atoms with Crippen LogP contribution in [0.5, 0.6) is 5.75 Å². The van der Waals surface area contributed by atoms with Gasteiger partial charge in [-0.05, 0) is 12.1 Å². The lowest BCUT2D eigenvalue weighted by Gasteiger charge is -2.16. The van der Waals surface area contributed by atoms with Gasteiger partial charge in [0.1, 0.15) is 12.2 Å². The van der Waals surface area contributed by atoms with Crippen LogP contribution in [-0.4, -0.2) is 57.0 Å². The molecule has 2 aromatic heterocycles. The molecule has 172 valence electrons. The summed E-state index contributed by atoms with van der Waals surface area (Å²) in [5.74, 6) is -5.45. The second-order valence-electron chi connectivity index (χ2n) is 7.24. The first-order valence-corrected chi connectivity index (χ1v) is 9.68. The van der Waals surface area contributed by atoms with Crippen molar-refractivity contribution < 1.29 is 27.8 Å². The summed E-state index contributed by atoms with van der Waals surface area (Å²) in [5.41, 5.74) is 0.927. The second-order valence-corrected chi connectivity index (χ2v) is 7.24. The van der Waals surface area contributed by atoms with Crippen LogP contribution < -0.4 is 15.4 Å². The van der Waals surface area contributed by atoms with Gasteiger partial charge >= 0.3 is 5.97 Å². The van der Waals surface area contributed by atoms with Gasteiger partial charge < -0.3 is 20.1 Å². The first kappa shape index (κ1) is 22.0. The number of alkyl halides is 2. The van der Waals surface area contributed by atoms with E-state index in [1.807, 2.05) is 0 Å². The van der Waals surface area contributed by atoms with E-state index in [-0.39, 0.29) is 17.2 Å². The molecule has 0 spiro atoms. The van der Waals surface area contributed by atoms with Crippen molar-refractivity contribution in [2.75, 3.05) is 24.9 Å². The summed E-state index contributed by atoms with van der Waals surface area (Å²) in [6.45, 7) is 0. The number of ether oxygens (including phenoxy) is 2. The van der Waals surface area contributed by atoms with Gasteiger partial charge in [0, 0.05) is 19.5 Å². The Bertz CT molecular complexity index is 1230. The van der Waals surface area contributed by atoms with Crippen LogP contribution in [0.1, 0.15) is 16.9 Å². The van der Waals surface area contributed by atoms with Crippen molar-refractivity contribution in [2.45, 2.75) is 12.3 Å². The third-order valence-corrected chi connectivity index (χ3v) is 4.90. The summed E-state index contributed by atoms with van der Waals surface area (Å²) in [5, 5.41) is 17.1. The van der Waals surface area contributed by atoms with Crippen LogP contribution in [0, 0.1) is 5.92 Å². The van der Waals surface area contributed by atoms with E-state index in [0.29, 0.717) is 22.8 Å². The summed E-state index contributed by atoms with van der Waals surface area (Å²) >= 11 is 0. The zero-order chi connectivity index (χ0) is 23.8. The highest BCUT2D eigenvalue weighted by Gasteiger charge is 2.61. The van der Waals surface area contributed by atoms with Crippen LogP contribution in [0.2, 0.25) is 0 Å². The first-order chi connectivity index (χ1) is 15.7. The maximum Gasteiger partial charge on any atom is 0.360 e. The van der Waals surface area contributed by atoms with Crippen LogP contribution in [0.15, 0.2) is 30.6 Å². The molecule has 2 heterocycles. The molecule has 0 bridgehead atoms. The molecule has 3 aromatic rings. The largest absolute Gasteiger partial charge is 0.494 e. The topological polar surface area (TPSA) is 133 Å². The Morgan fingerprint density at radius 3 is 2.58 bits per heavy atom. The Labute approximate surface area is 186 Å². The minimum Gasteiger partial charge on any atom is -0.494 e. The maximum atomic E-state index is 13.2. The smallest absolute Gasteiger partial charge is 0.360 e. The first-order valence-electron chi connectivity index (χ1n) is 9.68. The van der Waals surface area contributed by atoms with Crippen molar-refractivity contribution in [1.29, 1.82) is 0 Å². The van der Waals surface area contributed by atoms with Crippen molar-refractivity contribution in [3.05, 3.63) is 36.3 Å². The molecule has 4 rings (SSSR count). The zero-order valence-corrected chi connectivity index (χ0v) is 17.8. The molecule has 11 nitrogen and oxygen atoms in total. The average Bonchev–Trinajstić information content (AvgIpc) is 3.22. The summed E-state index contributed by atoms with van der Waals surface area (Å²) in [7, 11) is 4.36. The number of rotatable bonds is 7. The second kappa shape index (κ2) is 8.41. The molecule has 1 saturated carbocycles. The fourth-order valence-electron chi connectivity index (χ4n) is 3.15. The number of nitrogens with one attached hydrogen (secondary N) is 2. The Balaban J connectivity index is 1.69. The summed E-state index contributed by atoms with van der Waals surface area (Å²) in [6, 6.07) is 6.45. The number of esters is 1. The lowest BCUT2D eigenvalue weighted by molar-refractivity contribution is -0.119. The molecule has 1 aliphatic rings. The van der Waals surface area contributed by atoms with Crippen molar-refractivity contribution in [3.8, 4) is 17.1 Å². The van der Waals surface area contributed by atoms with Crippen molar-refractivity contribution in [1.82, 2.24) is 25.0 Å². The molecule has 0 unspecified atom stereocenters. The number of halogens is 2. The normalized spacial score (nSPS) is 16.1. The molecule has 1 atom stereocenters. The zero-order valence-electron chi connectivity index (χ0n) is 17.8. The molecule has 0 aliphatic heterocycles. The van der Waals surface area contributed by atoms with Crippen LogP contribution >= 0.6 is 0 Å². The van der Waals surface area contributed by atoms with Gasteiger partial charge in [-0.25, -0.2) is 18.6 Å². The molecular weight excluding hydrogens is 440 g/mol. The molecule has 1 fully saturated rings. The van der Waals surface area contributed by atoms with Crippen LogP contribution in [-0.2, 0) is 16.6 Å². The predicted octanol–water partition coefficient (Wildman–Crippen LogP) is 2.40. The van der Waals surface area contributed by atoms with Gasteiger partial charge in [0.05, 0.1) is 31.2 Å². The average molecular weight is 459 g/mol. The van der Waals surface area contributed by atoms with Crippen molar-refractivity contribution in [2.24, 2.45) is 13.0 Å². The number of aryl methyl sites for hydroxylation is 1. The van der Waals surface area contributed by atoms with Gasteiger partial charge in [0.25, 0.3) is 5.92 Å². The lowest BCUT2D eigenvalue weighted by Crippen LogP contribution is -2.19. The maximum absolute atomic E-state index is 13.2. The van der Waals surface area contributed by atoms with E-state index in [1.54, 1.807) is 25.2 Å². The molecule has 33 heavy (non-hydrogen) atoms. The highest BCUT2D eigenvalue weighted by atomic mass is 19.3. The van der Waals surface area contributed by atoms with E-state index >= 15 is 0 Å². The van der Waals surface area contributed by atoms with E-state index in [1.165, 1.54) is 31.3 Å². The Hall–Kier alpha value is -4.16. The minimum absolute atomic E-state index is 0.110. The Kier molecular flexibility index (Phi) is 5.62. The van der Waals surface area contributed by atoms with Gasteiger partial charge in [0.2, 0.25) is 5.91 Å². The van der Waals surface area contributed by atoms with Crippen LogP contribution in [0.3, 0.4) is 0 Å². The summed E-state index contributed by atoms with van der Waals surface area (Å²) in [6.07, 6.45) is 1.01. The van der Waals surface area contributed by atoms with Crippen LogP contribution in [0.4, 0.5) is 26.0 Å². The summed E-state index contributed by atoms with van der Waals surface area (Å²) < 4.78 is 38.2. The number of methoxy groups -OCH3 is 2.